The molecule has 1 atom stereocenters. The number of fused-ring (bicyclic) bond motifs is 1. The zero-order valence-electron chi connectivity index (χ0n) is 16.8. The van der Waals surface area contributed by atoms with Gasteiger partial charge in [0.2, 0.25) is 0 Å². The molecule has 2 heterocycles. The molecule has 1 amide bonds. The zero-order chi connectivity index (χ0) is 19.9. The van der Waals surface area contributed by atoms with E-state index in [4.69, 9.17) is 13.9 Å². The molecule has 1 aromatic heterocycles. The van der Waals surface area contributed by atoms with E-state index in [1.165, 1.54) is 18.4 Å². The lowest BCUT2D eigenvalue weighted by atomic mass is 9.59. The van der Waals surface area contributed by atoms with Gasteiger partial charge in [0.15, 0.2) is 0 Å². The number of amides is 1. The Hall–Kier alpha value is -1.89. The summed E-state index contributed by atoms with van der Waals surface area (Å²) in [7, 11) is 1.55. The first-order chi connectivity index (χ1) is 13.4. The predicted molar refractivity (Wildman–Crippen MR) is 105 cm³/mol. The maximum absolute atomic E-state index is 13.0. The number of furan rings is 1. The molecule has 0 bridgehead atoms. The average molecular weight is 387 g/mol. The van der Waals surface area contributed by atoms with Crippen LogP contribution in [0.3, 0.4) is 0 Å². The lowest BCUT2D eigenvalue weighted by Crippen LogP contribution is -2.52. The molecule has 6 heteroatoms. The number of carbonyl (C=O) groups excluding carboxylic acids is 1. The number of rotatable bonds is 7. The molecule has 4 rings (SSSR count). The maximum Gasteiger partial charge on any atom is 0.256 e. The molecular weight excluding hydrogens is 358 g/mol. The fraction of sp³-hybridized carbons (Fsp3) is 0.591. The summed E-state index contributed by atoms with van der Waals surface area (Å²) in [6, 6.07) is 6.13. The van der Waals surface area contributed by atoms with Crippen molar-refractivity contribution in [3.8, 4) is 0 Å². The summed E-state index contributed by atoms with van der Waals surface area (Å²) in [5.41, 5.74) is 2.09. The van der Waals surface area contributed by atoms with Crippen LogP contribution in [0.1, 0.15) is 41.4 Å². The molecule has 152 valence electrons. The first-order valence-corrected chi connectivity index (χ1v) is 9.89. The number of aliphatic hydroxyl groups is 1. The van der Waals surface area contributed by atoms with Gasteiger partial charge in [-0.15, -0.1) is 0 Å². The minimum atomic E-state index is -0.843. The van der Waals surface area contributed by atoms with Gasteiger partial charge in [-0.3, -0.25) is 4.79 Å². The van der Waals surface area contributed by atoms with Crippen molar-refractivity contribution in [1.82, 2.24) is 5.32 Å². The number of benzene rings is 1. The Morgan fingerprint density at radius 3 is 2.75 bits per heavy atom. The third kappa shape index (κ3) is 3.45. The van der Waals surface area contributed by atoms with Crippen LogP contribution in [0.2, 0.25) is 0 Å². The minimum absolute atomic E-state index is 0.209. The van der Waals surface area contributed by atoms with Crippen LogP contribution in [0.15, 0.2) is 22.6 Å². The van der Waals surface area contributed by atoms with Crippen molar-refractivity contribution in [1.29, 1.82) is 0 Å². The largest absolute Gasteiger partial charge is 0.461 e. The molecule has 1 aliphatic heterocycles. The van der Waals surface area contributed by atoms with Crippen LogP contribution in [0.5, 0.6) is 0 Å². The first-order valence-electron chi connectivity index (χ1n) is 9.89. The van der Waals surface area contributed by atoms with E-state index in [-0.39, 0.29) is 19.1 Å². The van der Waals surface area contributed by atoms with Crippen LogP contribution in [0.25, 0.3) is 11.0 Å². The van der Waals surface area contributed by atoms with Crippen molar-refractivity contribution in [2.75, 3.05) is 33.5 Å². The molecule has 0 radical (unpaired) electrons. The zero-order valence-corrected chi connectivity index (χ0v) is 16.8. The van der Waals surface area contributed by atoms with Gasteiger partial charge in [-0.2, -0.15) is 0 Å². The molecule has 1 spiro atoms. The minimum Gasteiger partial charge on any atom is -0.461 e. The van der Waals surface area contributed by atoms with Crippen LogP contribution in [-0.4, -0.2) is 50.1 Å². The van der Waals surface area contributed by atoms with Gasteiger partial charge in [0.05, 0.1) is 37.5 Å². The van der Waals surface area contributed by atoms with E-state index in [9.17, 15) is 9.90 Å². The topological polar surface area (TPSA) is 80.9 Å². The number of ether oxygens (including phenoxy) is 2. The van der Waals surface area contributed by atoms with Gasteiger partial charge in [0.1, 0.15) is 11.3 Å². The molecule has 2 aromatic rings. The molecule has 6 nitrogen and oxygen atoms in total. The lowest BCUT2D eigenvalue weighted by Gasteiger charge is -2.53. The number of nitrogens with one attached hydrogen (secondary N) is 1. The van der Waals surface area contributed by atoms with E-state index in [1.54, 1.807) is 21.0 Å². The van der Waals surface area contributed by atoms with E-state index in [0.717, 1.165) is 25.0 Å². The second-order valence-corrected chi connectivity index (χ2v) is 8.94. The normalized spacial score (nSPS) is 20.6. The highest BCUT2D eigenvalue weighted by Crippen LogP contribution is 2.51. The van der Waals surface area contributed by atoms with Crippen molar-refractivity contribution in [2.45, 2.75) is 38.6 Å². The second-order valence-electron chi connectivity index (χ2n) is 8.94. The quantitative estimate of drug-likeness (QED) is 0.764. The molecule has 2 aliphatic rings. The Morgan fingerprint density at radius 1 is 1.39 bits per heavy atom. The highest BCUT2D eigenvalue weighted by atomic mass is 16.5. The SMILES string of the molecule is COCC(C)(CO)NC(=O)c1c(C)oc2ccc(CC3CC4(COC4)C3)cc12. The first kappa shape index (κ1) is 19.4. The standard InChI is InChI=1S/C22H29NO5/c1-14-19(20(25)23-21(2,10-24)11-26-3)17-7-15(4-5-18(17)28-14)6-16-8-22(9-16)12-27-13-22/h4-5,7,16,24H,6,8-13H2,1-3H3,(H,23,25). The van der Waals surface area contributed by atoms with Gasteiger partial charge < -0.3 is 24.3 Å². The summed E-state index contributed by atoms with van der Waals surface area (Å²) < 4.78 is 16.3. The Bertz CT molecular complexity index is 876. The Morgan fingerprint density at radius 2 is 2.14 bits per heavy atom. The van der Waals surface area contributed by atoms with Gasteiger partial charge in [-0.05, 0) is 56.7 Å². The number of hydrogen-bond donors (Lipinski definition) is 2. The van der Waals surface area contributed by atoms with Crippen molar-refractivity contribution in [3.63, 3.8) is 0 Å². The molecule has 28 heavy (non-hydrogen) atoms. The fourth-order valence-corrected chi connectivity index (χ4v) is 4.72. The number of aliphatic hydroxyl groups excluding tert-OH is 1. The summed E-state index contributed by atoms with van der Waals surface area (Å²) in [6.07, 6.45) is 3.48. The molecule has 2 fully saturated rings. The molecule has 1 unspecified atom stereocenters. The van der Waals surface area contributed by atoms with E-state index in [0.29, 0.717) is 28.2 Å². The van der Waals surface area contributed by atoms with Crippen molar-refractivity contribution < 1.29 is 23.8 Å². The molecule has 1 aliphatic carbocycles. The summed E-state index contributed by atoms with van der Waals surface area (Å²) in [5, 5.41) is 13.4. The van der Waals surface area contributed by atoms with Crippen molar-refractivity contribution in [2.24, 2.45) is 11.3 Å². The van der Waals surface area contributed by atoms with Gasteiger partial charge in [-0.25, -0.2) is 0 Å². The van der Waals surface area contributed by atoms with Crippen LogP contribution in [-0.2, 0) is 15.9 Å². The Balaban J connectivity index is 1.54. The Labute approximate surface area is 165 Å². The summed E-state index contributed by atoms with van der Waals surface area (Å²) in [6.45, 7) is 5.40. The molecular formula is C22H29NO5. The molecule has 1 aromatic carbocycles. The van der Waals surface area contributed by atoms with E-state index >= 15 is 0 Å². The van der Waals surface area contributed by atoms with Gasteiger partial charge in [0.25, 0.3) is 5.91 Å². The average Bonchev–Trinajstić information content (AvgIpc) is 2.91. The van der Waals surface area contributed by atoms with Gasteiger partial charge >= 0.3 is 0 Å². The highest BCUT2D eigenvalue weighted by molar-refractivity contribution is 6.07. The van der Waals surface area contributed by atoms with Gasteiger partial charge in [0, 0.05) is 17.9 Å². The third-order valence-electron chi connectivity index (χ3n) is 6.17. The molecule has 1 saturated carbocycles. The summed E-state index contributed by atoms with van der Waals surface area (Å²) in [4.78, 5) is 13.0. The maximum atomic E-state index is 13.0. The van der Waals surface area contributed by atoms with Crippen LogP contribution >= 0.6 is 0 Å². The van der Waals surface area contributed by atoms with Crippen LogP contribution in [0.4, 0.5) is 0 Å². The van der Waals surface area contributed by atoms with E-state index in [2.05, 4.69) is 17.4 Å². The number of carbonyl (C=O) groups is 1. The summed E-state index contributed by atoms with van der Waals surface area (Å²) in [5.74, 6) is 1.01. The lowest BCUT2D eigenvalue weighted by molar-refractivity contribution is -0.178. The fourth-order valence-electron chi connectivity index (χ4n) is 4.72. The van der Waals surface area contributed by atoms with Gasteiger partial charge in [-0.1, -0.05) is 6.07 Å². The smallest absolute Gasteiger partial charge is 0.256 e. The second kappa shape index (κ2) is 7.17. The van der Waals surface area contributed by atoms with Crippen LogP contribution in [0, 0.1) is 18.3 Å². The number of methoxy groups -OCH3 is 1. The molecule has 1 saturated heterocycles. The van der Waals surface area contributed by atoms with E-state index in [1.807, 2.05) is 6.07 Å². The third-order valence-corrected chi connectivity index (χ3v) is 6.17. The van der Waals surface area contributed by atoms with Crippen molar-refractivity contribution in [3.05, 3.63) is 35.1 Å². The highest BCUT2D eigenvalue weighted by Gasteiger charge is 2.49. The van der Waals surface area contributed by atoms with Crippen molar-refractivity contribution >= 4 is 16.9 Å². The van der Waals surface area contributed by atoms with E-state index < -0.39 is 5.54 Å². The molecule has 2 N–H and O–H groups in total. The Kier molecular flexibility index (Phi) is 4.98. The number of aryl methyl sites for hydroxylation is 1. The van der Waals surface area contributed by atoms with Crippen LogP contribution < -0.4 is 5.32 Å². The summed E-state index contributed by atoms with van der Waals surface area (Å²) >= 11 is 0. The monoisotopic (exact) mass is 387 g/mol. The predicted octanol–water partition coefficient (Wildman–Crippen LogP) is 2.84. The number of hydrogen-bond acceptors (Lipinski definition) is 5.